The van der Waals surface area contributed by atoms with Crippen molar-refractivity contribution in [1.82, 2.24) is 14.7 Å². The van der Waals surface area contributed by atoms with E-state index in [1.807, 2.05) is 0 Å². The Morgan fingerprint density at radius 2 is 1.22 bits per heavy atom. The van der Waals surface area contributed by atoms with Crippen LogP contribution in [0, 0.1) is 0 Å². The Balaban J connectivity index is 1.42. The molecule has 4 rings (SSSR count). The fraction of sp³-hybridized carbons (Fsp3) is 1.00. The SMILES string of the molecule is OCCCCCCC[N+]12CN3CN(CN(C3)C1)C2. The molecule has 18 heavy (non-hydrogen) atoms. The maximum atomic E-state index is 8.76. The lowest BCUT2D eigenvalue weighted by Gasteiger charge is -2.60. The summed E-state index contributed by atoms with van der Waals surface area (Å²) in [7, 11) is 0. The van der Waals surface area contributed by atoms with Gasteiger partial charge in [0.1, 0.15) is 20.0 Å². The van der Waals surface area contributed by atoms with Crippen LogP contribution in [0.3, 0.4) is 0 Å². The zero-order valence-electron chi connectivity index (χ0n) is 11.4. The third-order valence-electron chi connectivity index (χ3n) is 4.49. The normalized spacial score (nSPS) is 41.5. The maximum absolute atomic E-state index is 8.76. The summed E-state index contributed by atoms with van der Waals surface area (Å²) in [6.45, 7) is 9.06. The van der Waals surface area contributed by atoms with Crippen molar-refractivity contribution in [2.24, 2.45) is 0 Å². The second-order valence-corrected chi connectivity index (χ2v) is 6.42. The highest BCUT2D eigenvalue weighted by molar-refractivity contribution is 4.73. The van der Waals surface area contributed by atoms with Gasteiger partial charge in [-0.15, -0.1) is 0 Å². The average Bonchev–Trinajstić information content (AvgIpc) is 2.32. The van der Waals surface area contributed by atoms with Gasteiger partial charge in [-0.2, -0.15) is 0 Å². The first kappa shape index (κ1) is 12.8. The third-order valence-corrected chi connectivity index (χ3v) is 4.49. The highest BCUT2D eigenvalue weighted by Gasteiger charge is 2.47. The number of rotatable bonds is 7. The number of nitrogens with zero attached hydrogens (tertiary/aromatic N) is 4. The van der Waals surface area contributed by atoms with Gasteiger partial charge in [0.15, 0.2) is 0 Å². The Kier molecular flexibility index (Phi) is 3.86. The lowest BCUT2D eigenvalue weighted by Crippen LogP contribution is -2.79. The molecule has 4 heterocycles. The van der Waals surface area contributed by atoms with E-state index in [0.29, 0.717) is 6.61 Å². The highest BCUT2D eigenvalue weighted by atomic mass is 16.2. The van der Waals surface area contributed by atoms with Gasteiger partial charge in [-0.05, 0) is 19.3 Å². The Hall–Kier alpha value is -0.200. The molecule has 4 aliphatic heterocycles. The van der Waals surface area contributed by atoms with Crippen LogP contribution >= 0.6 is 0 Å². The summed E-state index contributed by atoms with van der Waals surface area (Å²) in [6, 6.07) is 0. The quantitative estimate of drug-likeness (QED) is 0.528. The zero-order valence-corrected chi connectivity index (χ0v) is 11.4. The molecule has 0 radical (unpaired) electrons. The molecule has 4 bridgehead atoms. The van der Waals surface area contributed by atoms with Crippen molar-refractivity contribution in [3.8, 4) is 0 Å². The van der Waals surface area contributed by atoms with E-state index in [-0.39, 0.29) is 0 Å². The molecule has 5 heteroatoms. The molecule has 0 spiro atoms. The van der Waals surface area contributed by atoms with Gasteiger partial charge in [0.2, 0.25) is 0 Å². The Bertz CT molecular complexity index is 249. The van der Waals surface area contributed by atoms with E-state index >= 15 is 0 Å². The molecule has 0 unspecified atom stereocenters. The van der Waals surface area contributed by atoms with E-state index in [9.17, 15) is 0 Å². The number of aliphatic hydroxyl groups is 1. The van der Waals surface area contributed by atoms with Crippen LogP contribution in [0.2, 0.25) is 0 Å². The van der Waals surface area contributed by atoms with E-state index in [2.05, 4.69) is 14.7 Å². The largest absolute Gasteiger partial charge is 0.396 e. The van der Waals surface area contributed by atoms with Crippen molar-refractivity contribution < 1.29 is 9.59 Å². The van der Waals surface area contributed by atoms with Crippen LogP contribution < -0.4 is 0 Å². The van der Waals surface area contributed by atoms with Crippen LogP contribution in [-0.4, -0.2) is 77.5 Å². The van der Waals surface area contributed by atoms with Gasteiger partial charge in [0.05, 0.1) is 26.6 Å². The fourth-order valence-electron chi connectivity index (χ4n) is 3.96. The van der Waals surface area contributed by atoms with E-state index in [0.717, 1.165) is 6.42 Å². The first-order valence-corrected chi connectivity index (χ1v) is 7.43. The molecule has 0 saturated carbocycles. The molecule has 4 saturated heterocycles. The minimum absolute atomic E-state index is 0.360. The van der Waals surface area contributed by atoms with Crippen molar-refractivity contribution >= 4 is 0 Å². The molecule has 0 aromatic carbocycles. The first-order valence-electron chi connectivity index (χ1n) is 7.43. The van der Waals surface area contributed by atoms with Crippen LogP contribution in [0.15, 0.2) is 0 Å². The summed E-state index contributed by atoms with van der Waals surface area (Å²) < 4.78 is 1.28. The number of aliphatic hydroxyl groups excluding tert-OH is 1. The third kappa shape index (κ3) is 2.70. The Labute approximate surface area is 110 Å². The van der Waals surface area contributed by atoms with Gasteiger partial charge in [-0.25, -0.2) is 14.7 Å². The summed E-state index contributed by atoms with van der Waals surface area (Å²) in [5, 5.41) is 8.76. The van der Waals surface area contributed by atoms with E-state index in [1.165, 1.54) is 76.7 Å². The molecule has 1 N–H and O–H groups in total. The molecule has 0 aliphatic carbocycles. The summed E-state index contributed by atoms with van der Waals surface area (Å²) in [4.78, 5) is 7.76. The van der Waals surface area contributed by atoms with E-state index in [1.54, 1.807) is 0 Å². The standard InChI is InChI=1S/C13H27N4O/c18-7-5-3-1-2-4-6-17-11-14-8-15(12-17)10-16(9-14)13-17/h18H,1-13H2/q+1. The van der Waals surface area contributed by atoms with Gasteiger partial charge < -0.3 is 5.11 Å². The molecule has 4 fully saturated rings. The summed E-state index contributed by atoms with van der Waals surface area (Å²) >= 11 is 0. The van der Waals surface area contributed by atoms with Crippen LogP contribution in [-0.2, 0) is 0 Å². The first-order chi connectivity index (χ1) is 8.80. The fourth-order valence-corrected chi connectivity index (χ4v) is 3.96. The second kappa shape index (κ2) is 5.43. The van der Waals surface area contributed by atoms with E-state index < -0.39 is 0 Å². The van der Waals surface area contributed by atoms with Crippen molar-refractivity contribution in [1.29, 1.82) is 0 Å². The molecule has 5 nitrogen and oxygen atoms in total. The number of unbranched alkanes of at least 4 members (excludes halogenated alkanes) is 4. The topological polar surface area (TPSA) is 30.0 Å². The Morgan fingerprint density at radius 1 is 0.722 bits per heavy atom. The second-order valence-electron chi connectivity index (χ2n) is 6.42. The van der Waals surface area contributed by atoms with Gasteiger partial charge >= 0.3 is 0 Å². The molecule has 0 aromatic rings. The monoisotopic (exact) mass is 255 g/mol. The molecule has 0 atom stereocenters. The number of hydrogen-bond donors (Lipinski definition) is 1. The smallest absolute Gasteiger partial charge is 0.139 e. The molecule has 4 aliphatic rings. The van der Waals surface area contributed by atoms with Crippen LogP contribution in [0.25, 0.3) is 0 Å². The Morgan fingerprint density at radius 3 is 1.78 bits per heavy atom. The van der Waals surface area contributed by atoms with E-state index in [4.69, 9.17) is 5.11 Å². The predicted molar refractivity (Wildman–Crippen MR) is 70.0 cm³/mol. The minimum atomic E-state index is 0.360. The van der Waals surface area contributed by atoms with Crippen molar-refractivity contribution in [3.63, 3.8) is 0 Å². The van der Waals surface area contributed by atoms with Gasteiger partial charge in [0.25, 0.3) is 0 Å². The predicted octanol–water partition coefficient (Wildman–Crippen LogP) is 0.438. The number of quaternary nitrogens is 1. The molecular weight excluding hydrogens is 228 g/mol. The van der Waals surface area contributed by atoms with Crippen molar-refractivity contribution in [3.05, 3.63) is 0 Å². The van der Waals surface area contributed by atoms with Crippen LogP contribution in [0.5, 0.6) is 0 Å². The zero-order chi connectivity index (χ0) is 12.4. The van der Waals surface area contributed by atoms with Crippen molar-refractivity contribution in [2.45, 2.75) is 32.1 Å². The van der Waals surface area contributed by atoms with Gasteiger partial charge in [-0.3, -0.25) is 4.48 Å². The molecular formula is C13H27N4O+. The van der Waals surface area contributed by atoms with Crippen LogP contribution in [0.1, 0.15) is 32.1 Å². The minimum Gasteiger partial charge on any atom is -0.396 e. The molecule has 104 valence electrons. The van der Waals surface area contributed by atoms with Gasteiger partial charge in [0, 0.05) is 6.61 Å². The molecule has 0 aromatic heterocycles. The van der Waals surface area contributed by atoms with Crippen LogP contribution in [0.4, 0.5) is 0 Å². The summed E-state index contributed by atoms with van der Waals surface area (Å²) in [6.07, 6.45) is 6.15. The summed E-state index contributed by atoms with van der Waals surface area (Å²) in [5.41, 5.74) is 0. The van der Waals surface area contributed by atoms with Gasteiger partial charge in [-0.1, -0.05) is 12.8 Å². The highest BCUT2D eigenvalue weighted by Crippen LogP contribution is 2.29. The number of hydrogen-bond acceptors (Lipinski definition) is 4. The lowest BCUT2D eigenvalue weighted by atomic mass is 10.1. The summed E-state index contributed by atoms with van der Waals surface area (Å²) in [5.74, 6) is 0. The molecule has 0 amide bonds. The maximum Gasteiger partial charge on any atom is 0.139 e. The lowest BCUT2D eigenvalue weighted by molar-refractivity contribution is -0.980. The average molecular weight is 255 g/mol. The van der Waals surface area contributed by atoms with Crippen molar-refractivity contribution in [2.75, 3.05) is 53.2 Å².